The third-order valence-electron chi connectivity index (χ3n) is 4.91. The van der Waals surface area contributed by atoms with Crippen molar-refractivity contribution in [1.82, 2.24) is 0 Å². The predicted octanol–water partition coefficient (Wildman–Crippen LogP) is 4.71. The van der Waals surface area contributed by atoms with Gasteiger partial charge in [0.1, 0.15) is 5.78 Å². The Morgan fingerprint density at radius 1 is 1.35 bits per heavy atom. The highest BCUT2D eigenvalue weighted by atomic mass is 35.5. The summed E-state index contributed by atoms with van der Waals surface area (Å²) in [7, 11) is 0. The fourth-order valence-corrected chi connectivity index (χ4v) is 4.60. The first-order chi connectivity index (χ1) is 10.9. The van der Waals surface area contributed by atoms with Crippen LogP contribution in [0.4, 0.5) is 0 Å². The van der Waals surface area contributed by atoms with Crippen molar-refractivity contribution < 1.29 is 14.7 Å². The van der Waals surface area contributed by atoms with Gasteiger partial charge in [0.05, 0.1) is 21.9 Å². The van der Waals surface area contributed by atoms with Crippen LogP contribution in [-0.4, -0.2) is 16.9 Å². The van der Waals surface area contributed by atoms with E-state index in [1.165, 1.54) is 0 Å². The van der Waals surface area contributed by atoms with Crippen LogP contribution in [-0.2, 0) is 22.4 Å². The Morgan fingerprint density at radius 3 is 2.74 bits per heavy atom. The van der Waals surface area contributed by atoms with E-state index in [1.807, 2.05) is 6.07 Å². The zero-order valence-electron chi connectivity index (χ0n) is 12.9. The van der Waals surface area contributed by atoms with Gasteiger partial charge in [-0.3, -0.25) is 9.59 Å². The second kappa shape index (κ2) is 5.95. The van der Waals surface area contributed by atoms with E-state index in [2.05, 4.69) is 13.0 Å². The van der Waals surface area contributed by atoms with Gasteiger partial charge in [-0.25, -0.2) is 0 Å². The Hall–Kier alpha value is -1.32. The highest BCUT2D eigenvalue weighted by molar-refractivity contribution is 6.44. The number of allylic oxidation sites excluding steroid dienone is 2. The molecule has 23 heavy (non-hydrogen) atoms. The number of rotatable bonds is 4. The maximum absolute atomic E-state index is 12.7. The van der Waals surface area contributed by atoms with Gasteiger partial charge in [-0.15, -0.1) is 0 Å². The number of hydrogen-bond donors (Lipinski definition) is 1. The third-order valence-corrected chi connectivity index (χ3v) is 5.82. The first kappa shape index (κ1) is 16.5. The van der Waals surface area contributed by atoms with Crippen LogP contribution >= 0.6 is 23.2 Å². The van der Waals surface area contributed by atoms with Crippen LogP contribution in [0.5, 0.6) is 0 Å². The molecule has 0 heterocycles. The van der Waals surface area contributed by atoms with Gasteiger partial charge in [0, 0.05) is 12.0 Å². The molecule has 5 heteroatoms. The summed E-state index contributed by atoms with van der Waals surface area (Å²) >= 11 is 12.8. The third kappa shape index (κ3) is 2.50. The number of carboxylic acids is 1. The molecule has 1 atom stereocenters. The Kier molecular flexibility index (Phi) is 4.28. The van der Waals surface area contributed by atoms with E-state index in [-0.39, 0.29) is 12.2 Å². The maximum Gasteiger partial charge on any atom is 0.307 e. The molecule has 0 spiro atoms. The summed E-state index contributed by atoms with van der Waals surface area (Å²) in [6, 6.07) is 1.82. The molecular formula is C18H18Cl2O3. The maximum atomic E-state index is 12.7. The van der Waals surface area contributed by atoms with Gasteiger partial charge in [0.15, 0.2) is 0 Å². The lowest BCUT2D eigenvalue weighted by molar-refractivity contribution is -0.136. The van der Waals surface area contributed by atoms with E-state index in [4.69, 9.17) is 28.3 Å². The summed E-state index contributed by atoms with van der Waals surface area (Å²) < 4.78 is 0. The molecular weight excluding hydrogens is 335 g/mol. The fraction of sp³-hybridized carbons (Fsp3) is 0.444. The number of carbonyl (C=O) groups is 2. The number of halogens is 2. The zero-order chi connectivity index (χ0) is 16.8. The summed E-state index contributed by atoms with van der Waals surface area (Å²) in [5.41, 5.74) is 2.82. The summed E-state index contributed by atoms with van der Waals surface area (Å²) in [4.78, 5) is 23.7. The number of fused-ring (bicyclic) bond motifs is 3. The highest BCUT2D eigenvalue weighted by Crippen LogP contribution is 2.56. The minimum absolute atomic E-state index is 0.167. The van der Waals surface area contributed by atoms with Crippen molar-refractivity contribution >= 4 is 40.5 Å². The van der Waals surface area contributed by atoms with E-state index in [0.29, 0.717) is 28.5 Å². The average molecular weight is 353 g/mol. The Morgan fingerprint density at radius 2 is 2.09 bits per heavy atom. The van der Waals surface area contributed by atoms with E-state index < -0.39 is 11.4 Å². The molecule has 1 N–H and O–H groups in total. The van der Waals surface area contributed by atoms with E-state index in [9.17, 15) is 9.59 Å². The standard InChI is InChI=1S/C18H18Cl2O3/c1-2-6-18-9-11-7-10(8-14(22)23)16(19)17(20)15(11)12(18)4-3-5-13(18)21/h4,7H,2-3,5-6,8-9H2,1H3,(H,22,23). The van der Waals surface area contributed by atoms with Crippen molar-refractivity contribution in [3.63, 3.8) is 0 Å². The van der Waals surface area contributed by atoms with Crippen LogP contribution in [0.25, 0.3) is 5.57 Å². The van der Waals surface area contributed by atoms with Crippen LogP contribution in [0.2, 0.25) is 10.0 Å². The minimum atomic E-state index is -0.947. The Bertz CT molecular complexity index is 736. The molecule has 2 aliphatic rings. The molecule has 3 nitrogen and oxygen atoms in total. The first-order valence-corrected chi connectivity index (χ1v) is 8.62. The van der Waals surface area contributed by atoms with Gasteiger partial charge < -0.3 is 5.11 Å². The fourth-order valence-electron chi connectivity index (χ4n) is 4.04. The summed E-state index contributed by atoms with van der Waals surface area (Å²) in [5.74, 6) is -0.683. The Balaban J connectivity index is 2.18. The molecule has 2 aliphatic carbocycles. The van der Waals surface area contributed by atoms with Gasteiger partial charge in [-0.2, -0.15) is 0 Å². The molecule has 0 fully saturated rings. The van der Waals surface area contributed by atoms with Crippen molar-refractivity contribution in [3.8, 4) is 0 Å². The van der Waals surface area contributed by atoms with Crippen molar-refractivity contribution in [2.75, 3.05) is 0 Å². The summed E-state index contributed by atoms with van der Waals surface area (Å²) in [5, 5.41) is 9.73. The molecule has 1 unspecified atom stereocenters. The molecule has 0 amide bonds. The number of Topliss-reactive ketones (excluding diaryl/α,β-unsaturated/α-hetero) is 1. The van der Waals surface area contributed by atoms with Crippen LogP contribution in [0, 0.1) is 5.41 Å². The lowest BCUT2D eigenvalue weighted by atomic mass is 9.69. The largest absolute Gasteiger partial charge is 0.481 e. The summed E-state index contributed by atoms with van der Waals surface area (Å²) in [6.07, 6.45) is 5.53. The number of carboxylic acid groups (broad SMARTS) is 1. The number of aliphatic carboxylic acids is 1. The number of carbonyl (C=O) groups excluding carboxylic acids is 1. The monoisotopic (exact) mass is 352 g/mol. The van der Waals surface area contributed by atoms with Gasteiger partial charge in [0.25, 0.3) is 0 Å². The second-order valence-electron chi connectivity index (χ2n) is 6.36. The molecule has 0 saturated heterocycles. The molecule has 1 aromatic rings. The van der Waals surface area contributed by atoms with Crippen LogP contribution in [0.3, 0.4) is 0 Å². The van der Waals surface area contributed by atoms with Crippen molar-refractivity contribution in [2.24, 2.45) is 5.41 Å². The average Bonchev–Trinajstić information content (AvgIpc) is 2.80. The quantitative estimate of drug-likeness (QED) is 0.853. The number of hydrogen-bond acceptors (Lipinski definition) is 2. The molecule has 0 saturated carbocycles. The lowest BCUT2D eigenvalue weighted by Crippen LogP contribution is -2.33. The molecule has 3 rings (SSSR count). The smallest absolute Gasteiger partial charge is 0.307 e. The molecule has 122 valence electrons. The lowest BCUT2D eigenvalue weighted by Gasteiger charge is -2.32. The molecule has 0 aromatic heterocycles. The van der Waals surface area contributed by atoms with E-state index in [0.717, 1.165) is 36.0 Å². The molecule has 0 radical (unpaired) electrons. The normalized spacial score (nSPS) is 22.6. The number of ketones is 1. The van der Waals surface area contributed by atoms with Crippen molar-refractivity contribution in [3.05, 3.63) is 38.9 Å². The van der Waals surface area contributed by atoms with Crippen LogP contribution in [0.1, 0.15) is 49.3 Å². The van der Waals surface area contributed by atoms with E-state index in [1.54, 1.807) is 0 Å². The van der Waals surface area contributed by atoms with E-state index >= 15 is 0 Å². The highest BCUT2D eigenvalue weighted by Gasteiger charge is 2.49. The van der Waals surface area contributed by atoms with Crippen molar-refractivity contribution in [1.29, 1.82) is 0 Å². The predicted molar refractivity (Wildman–Crippen MR) is 91.1 cm³/mol. The van der Waals surface area contributed by atoms with Gasteiger partial charge in [0.2, 0.25) is 0 Å². The topological polar surface area (TPSA) is 54.4 Å². The minimum Gasteiger partial charge on any atom is -0.481 e. The summed E-state index contributed by atoms with van der Waals surface area (Å²) in [6.45, 7) is 2.07. The molecule has 0 bridgehead atoms. The van der Waals surface area contributed by atoms with Crippen molar-refractivity contribution in [2.45, 2.75) is 45.4 Å². The van der Waals surface area contributed by atoms with Crippen LogP contribution in [0.15, 0.2) is 12.1 Å². The van der Waals surface area contributed by atoms with Crippen LogP contribution < -0.4 is 0 Å². The molecule has 0 aliphatic heterocycles. The zero-order valence-corrected chi connectivity index (χ0v) is 14.4. The van der Waals surface area contributed by atoms with Gasteiger partial charge >= 0.3 is 5.97 Å². The first-order valence-electron chi connectivity index (χ1n) is 7.86. The molecule has 1 aromatic carbocycles. The SMILES string of the molecule is CCCC12Cc3cc(CC(=O)O)c(Cl)c(Cl)c3C1=CCCC2=O. The number of benzene rings is 1. The van der Waals surface area contributed by atoms with Gasteiger partial charge in [-0.1, -0.05) is 48.7 Å². The Labute approximate surface area is 145 Å². The second-order valence-corrected chi connectivity index (χ2v) is 7.11. The van der Waals surface area contributed by atoms with Gasteiger partial charge in [-0.05, 0) is 36.0 Å².